The Morgan fingerprint density at radius 2 is 1.95 bits per heavy atom. The minimum atomic E-state index is -0.625. The first-order valence-corrected chi connectivity index (χ1v) is 5.78. The number of halogens is 1. The Balaban J connectivity index is 3.19. The first-order chi connectivity index (χ1) is 9.02. The fourth-order valence-corrected chi connectivity index (χ4v) is 1.95. The lowest BCUT2D eigenvalue weighted by atomic mass is 10.1. The van der Waals surface area contributed by atoms with Crippen molar-refractivity contribution >= 4 is 27.5 Å². The molecule has 0 aliphatic rings. The quantitative estimate of drug-likeness (QED) is 0.477. The summed E-state index contributed by atoms with van der Waals surface area (Å²) in [6.07, 6.45) is 0. The molecule has 0 radical (unpaired) electrons. The van der Waals surface area contributed by atoms with E-state index in [2.05, 4.69) is 15.9 Å². The van der Waals surface area contributed by atoms with Crippen LogP contribution in [-0.4, -0.2) is 28.8 Å². The van der Waals surface area contributed by atoms with Gasteiger partial charge in [0.15, 0.2) is 0 Å². The fourth-order valence-electron chi connectivity index (χ4n) is 1.37. The Morgan fingerprint density at radius 1 is 1.37 bits per heavy atom. The second-order valence-electron chi connectivity index (χ2n) is 3.37. The summed E-state index contributed by atoms with van der Waals surface area (Å²) in [5.41, 5.74) is -0.209. The number of benzene rings is 1. The van der Waals surface area contributed by atoms with Gasteiger partial charge in [-0.15, -0.1) is 0 Å². The Morgan fingerprint density at radius 3 is 2.42 bits per heavy atom. The van der Waals surface area contributed by atoms with Crippen LogP contribution in [0.1, 0.15) is 10.4 Å². The van der Waals surface area contributed by atoms with Gasteiger partial charge >= 0.3 is 0 Å². The van der Waals surface area contributed by atoms with Crippen molar-refractivity contribution < 1.29 is 9.72 Å². The maximum atomic E-state index is 12.1. The minimum Gasteiger partial charge on any atom is -0.312 e. The smallest absolute Gasteiger partial charge is 0.284 e. The van der Waals surface area contributed by atoms with E-state index in [0.29, 0.717) is 0 Å². The predicted molar refractivity (Wildman–Crippen MR) is 67.9 cm³/mol. The third kappa shape index (κ3) is 3.27. The van der Waals surface area contributed by atoms with E-state index < -0.39 is 10.8 Å². The molecule has 0 N–H and O–H groups in total. The van der Waals surface area contributed by atoms with Crippen molar-refractivity contribution in [1.82, 2.24) is 4.90 Å². The molecule has 0 aliphatic carbocycles. The predicted octanol–water partition coefficient (Wildman–Crippen LogP) is 1.85. The van der Waals surface area contributed by atoms with Gasteiger partial charge in [0.25, 0.3) is 11.6 Å². The summed E-state index contributed by atoms with van der Waals surface area (Å²) in [5.74, 6) is -0.612. The van der Waals surface area contributed by atoms with E-state index in [1.165, 1.54) is 18.2 Å². The van der Waals surface area contributed by atoms with Crippen molar-refractivity contribution in [3.05, 3.63) is 38.3 Å². The van der Waals surface area contributed by atoms with Gasteiger partial charge in [0.05, 0.1) is 22.6 Å². The fraction of sp³-hybridized carbons (Fsp3) is 0.182. The average Bonchev–Trinajstić information content (AvgIpc) is 2.37. The van der Waals surface area contributed by atoms with Crippen LogP contribution in [0.25, 0.3) is 0 Å². The largest absolute Gasteiger partial charge is 0.312 e. The van der Waals surface area contributed by atoms with E-state index in [0.717, 1.165) is 4.90 Å². The zero-order valence-corrected chi connectivity index (χ0v) is 11.1. The van der Waals surface area contributed by atoms with Crippen LogP contribution in [0.4, 0.5) is 5.69 Å². The van der Waals surface area contributed by atoms with Crippen molar-refractivity contribution in [2.24, 2.45) is 0 Å². The van der Waals surface area contributed by atoms with Crippen LogP contribution in [0.3, 0.4) is 0 Å². The molecule has 19 heavy (non-hydrogen) atoms. The van der Waals surface area contributed by atoms with E-state index >= 15 is 0 Å². The summed E-state index contributed by atoms with van der Waals surface area (Å²) in [6.45, 7) is -0.525. The lowest BCUT2D eigenvalue weighted by molar-refractivity contribution is -0.385. The highest BCUT2D eigenvalue weighted by Crippen LogP contribution is 2.29. The number of carbonyl (C=O) groups is 1. The molecule has 96 valence electrons. The van der Waals surface area contributed by atoms with Crippen LogP contribution >= 0.6 is 15.9 Å². The van der Waals surface area contributed by atoms with Gasteiger partial charge in [-0.05, 0) is 22.0 Å². The summed E-state index contributed by atoms with van der Waals surface area (Å²) in [4.78, 5) is 23.2. The van der Waals surface area contributed by atoms with Gasteiger partial charge in [-0.2, -0.15) is 10.5 Å². The van der Waals surface area contributed by atoms with Crippen LogP contribution in [-0.2, 0) is 0 Å². The lowest BCUT2D eigenvalue weighted by Gasteiger charge is -2.16. The topological polar surface area (TPSA) is 111 Å². The second kappa shape index (κ2) is 6.47. The van der Waals surface area contributed by atoms with Gasteiger partial charge in [-0.1, -0.05) is 6.07 Å². The number of carbonyl (C=O) groups excluding carboxylic acids is 1. The molecule has 7 nitrogen and oxygen atoms in total. The second-order valence-corrected chi connectivity index (χ2v) is 4.17. The molecule has 0 heterocycles. The molecular formula is C11H7BrN4O3. The SMILES string of the molecule is N#CCN(CC#N)C(=O)c1cccc([N+](=O)[O-])c1Br. The molecule has 0 fully saturated rings. The molecule has 1 rings (SSSR count). The Hall–Kier alpha value is -2.45. The number of nitro groups is 1. The Labute approximate surface area is 116 Å². The van der Waals surface area contributed by atoms with Gasteiger partial charge in [0.2, 0.25) is 0 Å². The third-order valence-corrected chi connectivity index (χ3v) is 3.05. The Bertz CT molecular complexity index is 587. The van der Waals surface area contributed by atoms with Crippen LogP contribution < -0.4 is 0 Å². The van der Waals surface area contributed by atoms with Crippen LogP contribution in [0, 0.1) is 32.8 Å². The van der Waals surface area contributed by atoms with E-state index in [-0.39, 0.29) is 28.8 Å². The molecule has 0 saturated carbocycles. The van der Waals surface area contributed by atoms with Crippen LogP contribution in [0.15, 0.2) is 22.7 Å². The zero-order valence-electron chi connectivity index (χ0n) is 9.54. The maximum absolute atomic E-state index is 12.1. The standard InChI is InChI=1S/C11H7BrN4O3/c12-10-8(2-1-3-9(10)16(18)19)11(17)15(6-4-13)7-5-14/h1-3H,6-7H2. The van der Waals surface area contributed by atoms with Gasteiger partial charge < -0.3 is 4.90 Å². The van der Waals surface area contributed by atoms with Gasteiger partial charge in [0, 0.05) is 6.07 Å². The molecular weight excluding hydrogens is 316 g/mol. The molecule has 8 heteroatoms. The summed E-state index contributed by atoms with van der Waals surface area (Å²) < 4.78 is 0.0332. The molecule has 0 saturated heterocycles. The number of rotatable bonds is 4. The molecule has 0 unspecified atom stereocenters. The Kier molecular flexibility index (Phi) is 4.98. The van der Waals surface area contributed by atoms with Crippen molar-refractivity contribution in [2.75, 3.05) is 13.1 Å². The number of nitrogens with zero attached hydrogens (tertiary/aromatic N) is 4. The first-order valence-electron chi connectivity index (χ1n) is 4.99. The molecule has 0 spiro atoms. The summed E-state index contributed by atoms with van der Waals surface area (Å²) in [6, 6.07) is 7.54. The van der Waals surface area contributed by atoms with Crippen molar-refractivity contribution in [3.8, 4) is 12.1 Å². The highest BCUT2D eigenvalue weighted by Gasteiger charge is 2.23. The number of nitro benzene ring substituents is 1. The number of hydrogen-bond acceptors (Lipinski definition) is 5. The summed E-state index contributed by atoms with van der Waals surface area (Å²) in [5, 5.41) is 28.0. The van der Waals surface area contributed by atoms with Crippen molar-refractivity contribution in [2.45, 2.75) is 0 Å². The molecule has 1 amide bonds. The first kappa shape index (κ1) is 14.6. The van der Waals surface area contributed by atoms with Crippen LogP contribution in [0.2, 0.25) is 0 Å². The normalized spacial score (nSPS) is 9.21. The van der Waals surface area contributed by atoms with Crippen molar-refractivity contribution in [1.29, 1.82) is 10.5 Å². The van der Waals surface area contributed by atoms with E-state index in [4.69, 9.17) is 10.5 Å². The monoisotopic (exact) mass is 322 g/mol. The number of nitriles is 2. The number of hydrogen-bond donors (Lipinski definition) is 0. The van der Waals surface area contributed by atoms with Gasteiger partial charge in [-0.25, -0.2) is 0 Å². The molecule has 0 bridgehead atoms. The zero-order chi connectivity index (χ0) is 14.4. The maximum Gasteiger partial charge on any atom is 0.284 e. The van der Waals surface area contributed by atoms with Gasteiger partial charge in [0.1, 0.15) is 17.6 Å². The minimum absolute atomic E-state index is 0.0332. The highest BCUT2D eigenvalue weighted by molar-refractivity contribution is 9.10. The molecule has 0 aliphatic heterocycles. The van der Waals surface area contributed by atoms with Crippen LogP contribution in [0.5, 0.6) is 0 Å². The third-order valence-electron chi connectivity index (χ3n) is 2.22. The van der Waals surface area contributed by atoms with E-state index in [1.54, 1.807) is 12.1 Å². The van der Waals surface area contributed by atoms with E-state index in [1.807, 2.05) is 0 Å². The van der Waals surface area contributed by atoms with Gasteiger partial charge in [-0.3, -0.25) is 14.9 Å². The van der Waals surface area contributed by atoms with E-state index in [9.17, 15) is 14.9 Å². The molecule has 0 aromatic heterocycles. The summed E-state index contributed by atoms with van der Waals surface area (Å²) >= 11 is 3.00. The average molecular weight is 323 g/mol. The number of amides is 1. The molecule has 1 aromatic carbocycles. The summed E-state index contributed by atoms with van der Waals surface area (Å²) in [7, 11) is 0. The highest BCUT2D eigenvalue weighted by atomic mass is 79.9. The lowest BCUT2D eigenvalue weighted by Crippen LogP contribution is -2.32. The molecule has 0 atom stereocenters. The van der Waals surface area contributed by atoms with Crippen molar-refractivity contribution in [3.63, 3.8) is 0 Å². The molecule has 1 aromatic rings.